The highest BCUT2D eigenvalue weighted by molar-refractivity contribution is 9.10. The Bertz CT molecular complexity index is 1260. The fourth-order valence-corrected chi connectivity index (χ4v) is 3.88. The minimum atomic E-state index is -0.468. The molecule has 3 aromatic rings. The molecule has 0 spiro atoms. The number of hydrogen-bond donors (Lipinski definition) is 1. The van der Waals surface area contributed by atoms with Gasteiger partial charge < -0.3 is 14.8 Å². The molecule has 0 aliphatic carbocycles. The van der Waals surface area contributed by atoms with E-state index >= 15 is 0 Å². The van der Waals surface area contributed by atoms with Crippen molar-refractivity contribution in [3.05, 3.63) is 92.5 Å². The van der Waals surface area contributed by atoms with Gasteiger partial charge in [-0.1, -0.05) is 42.0 Å². The predicted octanol–water partition coefficient (Wildman–Crippen LogP) is 6.90. The van der Waals surface area contributed by atoms with Crippen LogP contribution < -0.4 is 14.8 Å². The Morgan fingerprint density at radius 3 is 2.50 bits per heavy atom. The van der Waals surface area contributed by atoms with Crippen molar-refractivity contribution in [1.29, 1.82) is 5.26 Å². The largest absolute Gasteiger partial charge is 0.490 e. The Hall–Kier alpha value is -3.56. The minimum absolute atomic E-state index is 0.0106. The molecule has 3 rings (SSSR count). The molecule has 1 N–H and O–H groups in total. The van der Waals surface area contributed by atoms with Gasteiger partial charge in [-0.2, -0.15) is 5.26 Å². The number of aryl methyl sites for hydroxylation is 2. The van der Waals surface area contributed by atoms with Crippen LogP contribution in [0.25, 0.3) is 6.08 Å². The highest BCUT2D eigenvalue weighted by Crippen LogP contribution is 2.38. The van der Waals surface area contributed by atoms with Crippen LogP contribution in [0.15, 0.2) is 64.6 Å². The average molecular weight is 519 g/mol. The average Bonchev–Trinajstić information content (AvgIpc) is 2.81. The highest BCUT2D eigenvalue weighted by atomic mass is 79.9. The fraction of sp³-hybridized carbons (Fsp3) is 0.214. The molecule has 0 aromatic heterocycles. The summed E-state index contributed by atoms with van der Waals surface area (Å²) in [5.74, 6) is 0.630. The number of halogens is 1. The smallest absolute Gasteiger partial charge is 0.266 e. The molecule has 0 aliphatic rings. The van der Waals surface area contributed by atoms with Crippen LogP contribution >= 0.6 is 15.9 Å². The van der Waals surface area contributed by atoms with Crippen molar-refractivity contribution in [2.75, 3.05) is 11.9 Å². The minimum Gasteiger partial charge on any atom is -0.490 e. The molecule has 0 heterocycles. The lowest BCUT2D eigenvalue weighted by molar-refractivity contribution is -0.112. The summed E-state index contributed by atoms with van der Waals surface area (Å²) in [6.45, 7) is 8.66. The zero-order valence-electron chi connectivity index (χ0n) is 19.7. The lowest BCUT2D eigenvalue weighted by Crippen LogP contribution is -2.14. The predicted molar refractivity (Wildman–Crippen MR) is 139 cm³/mol. The molecule has 174 valence electrons. The molecule has 0 atom stereocenters. The molecule has 0 fully saturated rings. The third-order valence-corrected chi connectivity index (χ3v) is 5.95. The van der Waals surface area contributed by atoms with E-state index in [-0.39, 0.29) is 5.57 Å². The third kappa shape index (κ3) is 6.27. The number of ether oxygens (including phenoxy) is 2. The maximum atomic E-state index is 12.8. The van der Waals surface area contributed by atoms with Gasteiger partial charge >= 0.3 is 0 Å². The summed E-state index contributed by atoms with van der Waals surface area (Å²) in [5, 5.41) is 12.5. The maximum absolute atomic E-state index is 12.8. The fourth-order valence-electron chi connectivity index (χ4n) is 3.31. The molecule has 3 aromatic carbocycles. The molecule has 0 saturated carbocycles. The van der Waals surface area contributed by atoms with Crippen LogP contribution in [-0.4, -0.2) is 12.5 Å². The summed E-state index contributed by atoms with van der Waals surface area (Å²) in [7, 11) is 0. The van der Waals surface area contributed by atoms with Crippen molar-refractivity contribution >= 4 is 33.6 Å². The summed E-state index contributed by atoms with van der Waals surface area (Å²) in [6, 6.07) is 19.4. The Balaban J connectivity index is 1.86. The van der Waals surface area contributed by atoms with E-state index in [9.17, 15) is 10.1 Å². The van der Waals surface area contributed by atoms with Gasteiger partial charge in [-0.05, 0) is 90.2 Å². The van der Waals surface area contributed by atoms with Crippen LogP contribution in [0.3, 0.4) is 0 Å². The molecular weight excluding hydrogens is 492 g/mol. The van der Waals surface area contributed by atoms with Crippen molar-refractivity contribution in [3.63, 3.8) is 0 Å². The number of hydrogen-bond acceptors (Lipinski definition) is 4. The van der Waals surface area contributed by atoms with Gasteiger partial charge in [-0.25, -0.2) is 0 Å². The molecular formula is C28H27BrN2O3. The van der Waals surface area contributed by atoms with E-state index in [1.165, 1.54) is 11.6 Å². The first-order valence-corrected chi connectivity index (χ1v) is 11.8. The summed E-state index contributed by atoms with van der Waals surface area (Å²) in [5.41, 5.74) is 5.57. The second-order valence-electron chi connectivity index (χ2n) is 7.91. The van der Waals surface area contributed by atoms with E-state index in [4.69, 9.17) is 9.47 Å². The number of nitrogens with one attached hydrogen (secondary N) is 1. The lowest BCUT2D eigenvalue weighted by atomic mass is 10.1. The van der Waals surface area contributed by atoms with Gasteiger partial charge in [0.2, 0.25) is 0 Å². The number of carbonyl (C=O) groups is 1. The van der Waals surface area contributed by atoms with Crippen molar-refractivity contribution in [2.45, 2.75) is 34.3 Å². The first kappa shape index (κ1) is 25.1. The van der Waals surface area contributed by atoms with Gasteiger partial charge in [0.05, 0.1) is 11.1 Å². The Morgan fingerprint density at radius 1 is 1.09 bits per heavy atom. The zero-order valence-corrected chi connectivity index (χ0v) is 21.3. The normalized spacial score (nSPS) is 11.0. The Kier molecular flexibility index (Phi) is 8.50. The number of anilines is 1. The molecule has 5 nitrogen and oxygen atoms in total. The lowest BCUT2D eigenvalue weighted by Gasteiger charge is -2.15. The number of rotatable bonds is 8. The molecule has 0 bridgehead atoms. The van der Waals surface area contributed by atoms with E-state index in [1.54, 1.807) is 12.1 Å². The maximum Gasteiger partial charge on any atom is 0.266 e. The monoisotopic (exact) mass is 518 g/mol. The van der Waals surface area contributed by atoms with Crippen LogP contribution in [0.5, 0.6) is 11.5 Å². The Morgan fingerprint density at radius 2 is 1.82 bits per heavy atom. The molecule has 0 unspecified atom stereocenters. The van der Waals surface area contributed by atoms with E-state index in [1.807, 2.05) is 76.2 Å². The van der Waals surface area contributed by atoms with E-state index in [2.05, 4.69) is 21.2 Å². The van der Waals surface area contributed by atoms with Gasteiger partial charge in [0, 0.05) is 5.69 Å². The topological polar surface area (TPSA) is 71.3 Å². The molecule has 0 radical (unpaired) electrons. The first-order chi connectivity index (χ1) is 16.3. The van der Waals surface area contributed by atoms with Crippen LogP contribution in [-0.2, 0) is 11.4 Å². The van der Waals surface area contributed by atoms with Crippen LogP contribution in [0.4, 0.5) is 5.69 Å². The van der Waals surface area contributed by atoms with E-state index in [0.717, 1.165) is 16.7 Å². The number of amides is 1. The second-order valence-corrected chi connectivity index (χ2v) is 8.76. The Labute approximate surface area is 209 Å². The van der Waals surface area contributed by atoms with Gasteiger partial charge in [-0.3, -0.25) is 4.79 Å². The number of benzene rings is 3. The van der Waals surface area contributed by atoms with Crippen molar-refractivity contribution in [2.24, 2.45) is 0 Å². The van der Waals surface area contributed by atoms with E-state index in [0.29, 0.717) is 40.4 Å². The zero-order chi connectivity index (χ0) is 24.7. The molecule has 1 amide bonds. The summed E-state index contributed by atoms with van der Waals surface area (Å²) >= 11 is 3.56. The SMILES string of the molecule is CCOc1cc(/C=C(/C#N)C(=O)Nc2cccc(C)c2C)cc(Br)c1OCc1ccc(C)cc1. The second kappa shape index (κ2) is 11.5. The standard InChI is InChI=1S/C28H27BrN2O3/c1-5-33-26-15-22(14-24(29)27(26)34-17-21-11-9-18(2)10-12-21)13-23(16-30)28(32)31-25-8-6-7-19(3)20(25)4/h6-15H,5,17H2,1-4H3,(H,31,32)/b23-13-. The quantitative estimate of drug-likeness (QED) is 0.260. The van der Waals surface area contributed by atoms with Crippen molar-refractivity contribution in [1.82, 2.24) is 0 Å². The number of nitrogens with zero attached hydrogens (tertiary/aromatic N) is 1. The van der Waals surface area contributed by atoms with Crippen molar-refractivity contribution < 1.29 is 14.3 Å². The van der Waals surface area contributed by atoms with Gasteiger partial charge in [0.25, 0.3) is 5.91 Å². The highest BCUT2D eigenvalue weighted by Gasteiger charge is 2.15. The van der Waals surface area contributed by atoms with Gasteiger partial charge in [-0.15, -0.1) is 0 Å². The molecule has 0 saturated heterocycles. The van der Waals surface area contributed by atoms with Crippen LogP contribution in [0.1, 0.15) is 34.7 Å². The first-order valence-electron chi connectivity index (χ1n) is 11.0. The summed E-state index contributed by atoms with van der Waals surface area (Å²) < 4.78 is 12.5. The van der Waals surface area contributed by atoms with Crippen LogP contribution in [0.2, 0.25) is 0 Å². The summed E-state index contributed by atoms with van der Waals surface area (Å²) in [6.07, 6.45) is 1.54. The molecule has 34 heavy (non-hydrogen) atoms. The summed E-state index contributed by atoms with van der Waals surface area (Å²) in [4.78, 5) is 12.8. The molecule has 6 heteroatoms. The van der Waals surface area contributed by atoms with Crippen molar-refractivity contribution in [3.8, 4) is 17.6 Å². The third-order valence-electron chi connectivity index (χ3n) is 5.36. The van der Waals surface area contributed by atoms with E-state index < -0.39 is 5.91 Å². The number of carbonyl (C=O) groups excluding carboxylic acids is 1. The van der Waals surface area contributed by atoms with Crippen LogP contribution in [0, 0.1) is 32.1 Å². The number of nitriles is 1. The molecule has 0 aliphatic heterocycles. The van der Waals surface area contributed by atoms with Gasteiger partial charge in [0.1, 0.15) is 18.2 Å². The van der Waals surface area contributed by atoms with Gasteiger partial charge in [0.15, 0.2) is 11.5 Å².